The fraction of sp³-hybridized carbons (Fsp3) is 0.480. The van der Waals surface area contributed by atoms with E-state index in [0.29, 0.717) is 30.8 Å². The van der Waals surface area contributed by atoms with Crippen LogP contribution < -0.4 is 5.32 Å². The number of likely N-dealkylation sites (N-methyl/N-ethyl adjacent to an activating group) is 1. The van der Waals surface area contributed by atoms with Gasteiger partial charge < -0.3 is 10.2 Å². The highest BCUT2D eigenvalue weighted by molar-refractivity contribution is 7.88. The third-order valence-electron chi connectivity index (χ3n) is 6.50. The molecule has 2 saturated heterocycles. The van der Waals surface area contributed by atoms with E-state index in [1.807, 2.05) is 7.05 Å². The van der Waals surface area contributed by atoms with Crippen molar-refractivity contribution in [2.75, 3.05) is 46.3 Å². The summed E-state index contributed by atoms with van der Waals surface area (Å²) in [6.45, 7) is 6.36. The molecule has 0 saturated carbocycles. The molecule has 2 heterocycles. The number of hydrogen-bond acceptors (Lipinski definition) is 5. The summed E-state index contributed by atoms with van der Waals surface area (Å²) >= 11 is 0. The van der Waals surface area contributed by atoms with Gasteiger partial charge in [0.2, 0.25) is 10.0 Å². The van der Waals surface area contributed by atoms with Crippen LogP contribution in [0.4, 0.5) is 0 Å². The molecule has 0 aromatic heterocycles. The maximum absolute atomic E-state index is 12.7. The molecule has 1 N–H and O–H groups in total. The van der Waals surface area contributed by atoms with Crippen LogP contribution in [0.25, 0.3) is 0 Å². The minimum atomic E-state index is -3.35. The number of rotatable bonds is 8. The number of carbonyl (C=O) groups is 1. The molecule has 1 amide bonds. The average molecular weight is 471 g/mol. The molecule has 0 atom stereocenters. The molecule has 8 heteroatoms. The van der Waals surface area contributed by atoms with E-state index in [1.165, 1.54) is 31.5 Å². The van der Waals surface area contributed by atoms with E-state index < -0.39 is 10.0 Å². The first-order valence-corrected chi connectivity index (χ1v) is 13.3. The summed E-state index contributed by atoms with van der Waals surface area (Å²) in [5.41, 5.74) is 3.58. The molecule has 0 spiro atoms. The summed E-state index contributed by atoms with van der Waals surface area (Å²) in [5, 5.41) is 2.95. The first-order chi connectivity index (χ1) is 15.9. The van der Waals surface area contributed by atoms with Gasteiger partial charge in [0.05, 0.1) is 5.75 Å². The quantitative estimate of drug-likeness (QED) is 0.641. The molecule has 33 heavy (non-hydrogen) atoms. The zero-order chi connectivity index (χ0) is 23.3. The van der Waals surface area contributed by atoms with Gasteiger partial charge in [-0.05, 0) is 61.8 Å². The Morgan fingerprint density at radius 3 is 2.03 bits per heavy atom. The number of piperazine rings is 1. The van der Waals surface area contributed by atoms with E-state index in [4.69, 9.17) is 0 Å². The molecule has 0 bridgehead atoms. The highest BCUT2D eigenvalue weighted by atomic mass is 32.2. The fourth-order valence-corrected chi connectivity index (χ4v) is 5.88. The van der Waals surface area contributed by atoms with Gasteiger partial charge in [0.25, 0.3) is 5.91 Å². The number of hydrogen-bond donors (Lipinski definition) is 1. The molecule has 2 aromatic carbocycles. The molecule has 178 valence electrons. The van der Waals surface area contributed by atoms with Crippen molar-refractivity contribution in [2.45, 2.75) is 31.7 Å². The third kappa shape index (κ3) is 6.63. The molecule has 7 nitrogen and oxygen atoms in total. The zero-order valence-corrected chi connectivity index (χ0v) is 20.2. The topological polar surface area (TPSA) is 73.0 Å². The lowest BCUT2D eigenvalue weighted by molar-refractivity contribution is 0.0951. The minimum absolute atomic E-state index is 0.0393. The van der Waals surface area contributed by atoms with Crippen LogP contribution in [0.5, 0.6) is 0 Å². The second-order valence-corrected chi connectivity index (χ2v) is 11.1. The van der Waals surface area contributed by atoms with Crippen molar-refractivity contribution in [2.24, 2.45) is 0 Å². The number of nitrogens with one attached hydrogen (secondary N) is 1. The van der Waals surface area contributed by atoms with E-state index in [1.54, 1.807) is 28.6 Å². The van der Waals surface area contributed by atoms with Crippen LogP contribution in [0.3, 0.4) is 0 Å². The summed E-state index contributed by atoms with van der Waals surface area (Å²) in [6.07, 6.45) is 2.58. The highest BCUT2D eigenvalue weighted by Crippen LogP contribution is 2.15. The lowest BCUT2D eigenvalue weighted by atomic mass is 10.1. The standard InChI is InChI=1S/C25H34N4O3S/c1-27-14-16-29(17-15-27)33(31,32)20-23-8-10-24(11-9-23)25(30)26-18-21-4-6-22(7-5-21)19-28-12-2-3-13-28/h4-11H,2-3,12-20H2,1H3,(H,26,30). The van der Waals surface area contributed by atoms with Crippen molar-refractivity contribution in [3.63, 3.8) is 0 Å². The Morgan fingerprint density at radius 2 is 1.39 bits per heavy atom. The maximum Gasteiger partial charge on any atom is 0.251 e. The second-order valence-electron chi connectivity index (χ2n) is 9.14. The number of benzene rings is 2. The van der Waals surface area contributed by atoms with Gasteiger partial charge in [-0.1, -0.05) is 36.4 Å². The van der Waals surface area contributed by atoms with Crippen LogP contribution in [0.1, 0.15) is 39.9 Å². The van der Waals surface area contributed by atoms with Gasteiger partial charge in [-0.15, -0.1) is 0 Å². The normalized spacial score (nSPS) is 18.5. The zero-order valence-electron chi connectivity index (χ0n) is 19.4. The lowest BCUT2D eigenvalue weighted by Gasteiger charge is -2.31. The summed E-state index contributed by atoms with van der Waals surface area (Å²) in [7, 11) is -1.35. The molecule has 2 aliphatic heterocycles. The van der Waals surface area contributed by atoms with E-state index in [0.717, 1.165) is 25.2 Å². The maximum atomic E-state index is 12.7. The van der Waals surface area contributed by atoms with Gasteiger partial charge in [0, 0.05) is 44.8 Å². The van der Waals surface area contributed by atoms with Crippen molar-refractivity contribution in [3.05, 3.63) is 70.8 Å². The molecule has 2 aromatic rings. The first kappa shape index (κ1) is 23.9. The molecule has 2 aliphatic rings. The number of likely N-dealkylation sites (tertiary alicyclic amines) is 1. The monoisotopic (exact) mass is 470 g/mol. The van der Waals surface area contributed by atoms with Gasteiger partial charge in [0.1, 0.15) is 0 Å². The van der Waals surface area contributed by atoms with Gasteiger partial charge in [-0.3, -0.25) is 9.69 Å². The Bertz CT molecular complexity index is 1020. The van der Waals surface area contributed by atoms with Gasteiger partial charge in [-0.25, -0.2) is 8.42 Å². The SMILES string of the molecule is CN1CCN(S(=O)(=O)Cc2ccc(C(=O)NCc3ccc(CN4CCCC4)cc3)cc2)CC1. The predicted octanol–water partition coefficient (Wildman–Crippen LogP) is 2.29. The van der Waals surface area contributed by atoms with Crippen LogP contribution in [0, 0.1) is 0 Å². The molecule has 0 aliphatic carbocycles. The van der Waals surface area contributed by atoms with Crippen molar-refractivity contribution in [3.8, 4) is 0 Å². The minimum Gasteiger partial charge on any atom is -0.348 e. The number of sulfonamides is 1. The van der Waals surface area contributed by atoms with Crippen molar-refractivity contribution >= 4 is 15.9 Å². The highest BCUT2D eigenvalue weighted by Gasteiger charge is 2.25. The van der Waals surface area contributed by atoms with Crippen LogP contribution in [-0.2, 0) is 28.9 Å². The van der Waals surface area contributed by atoms with Gasteiger partial charge >= 0.3 is 0 Å². The molecule has 4 rings (SSSR count). The predicted molar refractivity (Wildman–Crippen MR) is 130 cm³/mol. The van der Waals surface area contributed by atoms with Crippen molar-refractivity contribution < 1.29 is 13.2 Å². The van der Waals surface area contributed by atoms with E-state index in [2.05, 4.69) is 39.4 Å². The fourth-order valence-electron chi connectivity index (χ4n) is 4.37. The van der Waals surface area contributed by atoms with Crippen LogP contribution >= 0.6 is 0 Å². The Kier molecular flexibility index (Phi) is 7.80. The Hall–Kier alpha value is -2.26. The Balaban J connectivity index is 1.26. The summed E-state index contributed by atoms with van der Waals surface area (Å²) in [4.78, 5) is 17.1. The first-order valence-electron chi connectivity index (χ1n) is 11.7. The third-order valence-corrected chi connectivity index (χ3v) is 8.35. The average Bonchev–Trinajstić information content (AvgIpc) is 3.32. The van der Waals surface area contributed by atoms with E-state index in [9.17, 15) is 13.2 Å². The van der Waals surface area contributed by atoms with Crippen molar-refractivity contribution in [1.82, 2.24) is 19.4 Å². The smallest absolute Gasteiger partial charge is 0.251 e. The largest absolute Gasteiger partial charge is 0.348 e. The number of amides is 1. The van der Waals surface area contributed by atoms with Crippen LogP contribution in [-0.4, -0.2) is 74.7 Å². The number of carbonyl (C=O) groups excluding carboxylic acids is 1. The Labute approximate surface area is 197 Å². The Morgan fingerprint density at radius 1 is 0.818 bits per heavy atom. The van der Waals surface area contributed by atoms with Gasteiger partial charge in [-0.2, -0.15) is 4.31 Å². The van der Waals surface area contributed by atoms with E-state index >= 15 is 0 Å². The van der Waals surface area contributed by atoms with Crippen molar-refractivity contribution in [1.29, 1.82) is 0 Å². The van der Waals surface area contributed by atoms with Crippen LogP contribution in [0.15, 0.2) is 48.5 Å². The molecular formula is C25H34N4O3S. The number of nitrogens with zero attached hydrogens (tertiary/aromatic N) is 3. The molecular weight excluding hydrogens is 436 g/mol. The summed E-state index contributed by atoms with van der Waals surface area (Å²) < 4.78 is 26.9. The summed E-state index contributed by atoms with van der Waals surface area (Å²) in [5.74, 6) is -0.202. The second kappa shape index (κ2) is 10.8. The van der Waals surface area contributed by atoms with E-state index in [-0.39, 0.29) is 11.7 Å². The van der Waals surface area contributed by atoms with Gasteiger partial charge in [0.15, 0.2) is 0 Å². The molecule has 0 radical (unpaired) electrons. The molecule has 2 fully saturated rings. The molecule has 0 unspecified atom stereocenters. The van der Waals surface area contributed by atoms with Crippen LogP contribution in [0.2, 0.25) is 0 Å². The lowest BCUT2D eigenvalue weighted by Crippen LogP contribution is -2.47. The summed E-state index contributed by atoms with van der Waals surface area (Å²) in [6, 6.07) is 15.3.